The highest BCUT2D eigenvalue weighted by atomic mass is 35.7. The number of benzene rings is 1. The molecule has 0 radical (unpaired) electrons. The Morgan fingerprint density at radius 2 is 1.89 bits per heavy atom. The van der Waals surface area contributed by atoms with Gasteiger partial charge in [0.1, 0.15) is 5.82 Å². The maximum Gasteiger partial charge on any atom is 0.236 e. The third kappa shape index (κ3) is 3.43. The monoisotopic (exact) mass is 314 g/mol. The van der Waals surface area contributed by atoms with Gasteiger partial charge in [0.15, 0.2) is 11.5 Å². The largest absolute Gasteiger partial charge is 0.492 e. The molecule has 4 nitrogen and oxygen atoms in total. The molecular formula is C10H12ClFO4S2. The summed E-state index contributed by atoms with van der Waals surface area (Å²) in [7, 11) is 4.07. The normalized spacial score (nSPS) is 11.4. The molecule has 1 rings (SSSR count). The lowest BCUT2D eigenvalue weighted by atomic mass is 10.2. The zero-order chi connectivity index (χ0) is 13.9. The Morgan fingerprint density at radius 1 is 1.33 bits per heavy atom. The lowest BCUT2D eigenvalue weighted by molar-refractivity contribution is 0.340. The quantitative estimate of drug-likeness (QED) is 0.618. The van der Waals surface area contributed by atoms with Crippen LogP contribution >= 0.6 is 22.4 Å². The summed E-state index contributed by atoms with van der Waals surface area (Å²) in [5, 5.41) is 0. The summed E-state index contributed by atoms with van der Waals surface area (Å²) in [6, 6.07) is 1.09. The van der Waals surface area contributed by atoms with Crippen molar-refractivity contribution in [3.8, 4) is 11.5 Å². The summed E-state index contributed by atoms with van der Waals surface area (Å²) in [6.45, 7) is 0. The van der Waals surface area contributed by atoms with Crippen LogP contribution in [0, 0.1) is 5.82 Å². The minimum Gasteiger partial charge on any atom is -0.492 e. The van der Waals surface area contributed by atoms with Gasteiger partial charge < -0.3 is 9.47 Å². The van der Waals surface area contributed by atoms with Gasteiger partial charge in [0, 0.05) is 16.2 Å². The van der Waals surface area contributed by atoms with Crippen LogP contribution in [-0.4, -0.2) is 28.9 Å². The number of halogens is 2. The smallest absolute Gasteiger partial charge is 0.236 e. The summed E-state index contributed by atoms with van der Waals surface area (Å²) in [5.74, 6) is -0.761. The first-order valence-electron chi connectivity index (χ1n) is 4.73. The standard InChI is InChI=1S/C10H12ClFO4S2/c1-15-8-6(5-18(11,13)14)4-7(12)10(17-3)9(8)16-2/h4H,5H2,1-3H3. The van der Waals surface area contributed by atoms with Gasteiger partial charge in [0.05, 0.1) is 24.9 Å². The number of hydrogen-bond acceptors (Lipinski definition) is 5. The molecule has 1 aromatic carbocycles. The van der Waals surface area contributed by atoms with E-state index in [4.69, 9.17) is 20.2 Å². The predicted molar refractivity (Wildman–Crippen MR) is 69.8 cm³/mol. The summed E-state index contributed by atoms with van der Waals surface area (Å²) >= 11 is 1.14. The molecule has 0 N–H and O–H groups in total. The second-order valence-electron chi connectivity index (χ2n) is 3.30. The fraction of sp³-hybridized carbons (Fsp3) is 0.400. The van der Waals surface area contributed by atoms with Crippen LogP contribution in [-0.2, 0) is 14.8 Å². The van der Waals surface area contributed by atoms with Crippen LogP contribution in [0.15, 0.2) is 11.0 Å². The number of hydrogen-bond donors (Lipinski definition) is 0. The summed E-state index contributed by atoms with van der Waals surface area (Å²) in [6.07, 6.45) is 1.68. The first kappa shape index (κ1) is 15.4. The Morgan fingerprint density at radius 3 is 2.28 bits per heavy atom. The van der Waals surface area contributed by atoms with Crippen LogP contribution in [0.25, 0.3) is 0 Å². The third-order valence-corrected chi connectivity index (χ3v) is 3.93. The van der Waals surface area contributed by atoms with E-state index in [1.807, 2.05) is 0 Å². The van der Waals surface area contributed by atoms with Crippen molar-refractivity contribution in [3.05, 3.63) is 17.4 Å². The van der Waals surface area contributed by atoms with E-state index in [0.29, 0.717) is 0 Å². The number of ether oxygens (including phenoxy) is 2. The van der Waals surface area contributed by atoms with Gasteiger partial charge in [-0.25, -0.2) is 12.8 Å². The van der Waals surface area contributed by atoms with Crippen LogP contribution in [0.1, 0.15) is 5.56 Å². The number of rotatable bonds is 5. The van der Waals surface area contributed by atoms with Gasteiger partial charge in [0.25, 0.3) is 0 Å². The molecule has 0 spiro atoms. The van der Waals surface area contributed by atoms with Gasteiger partial charge in [-0.2, -0.15) is 0 Å². The molecule has 0 aliphatic heterocycles. The van der Waals surface area contributed by atoms with E-state index in [0.717, 1.165) is 17.8 Å². The predicted octanol–water partition coefficient (Wildman–Crippen LogP) is 2.63. The van der Waals surface area contributed by atoms with E-state index < -0.39 is 20.6 Å². The van der Waals surface area contributed by atoms with Crippen LogP contribution in [0.5, 0.6) is 11.5 Å². The van der Waals surface area contributed by atoms with Gasteiger partial charge in [0.2, 0.25) is 9.05 Å². The highest BCUT2D eigenvalue weighted by molar-refractivity contribution is 8.13. The van der Waals surface area contributed by atoms with E-state index >= 15 is 0 Å². The topological polar surface area (TPSA) is 52.6 Å². The molecule has 0 heterocycles. The molecule has 0 bridgehead atoms. The highest BCUT2D eigenvalue weighted by Gasteiger charge is 2.22. The van der Waals surface area contributed by atoms with E-state index in [1.165, 1.54) is 14.2 Å². The summed E-state index contributed by atoms with van der Waals surface area (Å²) in [5.41, 5.74) is 0.125. The number of methoxy groups -OCH3 is 2. The van der Waals surface area contributed by atoms with Crippen molar-refractivity contribution in [1.29, 1.82) is 0 Å². The Balaban J connectivity index is 3.49. The van der Waals surface area contributed by atoms with Crippen molar-refractivity contribution in [2.45, 2.75) is 10.6 Å². The van der Waals surface area contributed by atoms with Crippen molar-refractivity contribution in [1.82, 2.24) is 0 Å². The Kier molecular flexibility index (Phi) is 5.12. The first-order valence-corrected chi connectivity index (χ1v) is 8.44. The van der Waals surface area contributed by atoms with Crippen LogP contribution in [0.3, 0.4) is 0 Å². The Hall–Kier alpha value is -0.660. The van der Waals surface area contributed by atoms with Gasteiger partial charge in [-0.3, -0.25) is 0 Å². The maximum atomic E-state index is 13.8. The van der Waals surface area contributed by atoms with Crippen molar-refractivity contribution in [2.24, 2.45) is 0 Å². The van der Waals surface area contributed by atoms with E-state index in [-0.39, 0.29) is 22.0 Å². The molecule has 8 heteroatoms. The lowest BCUT2D eigenvalue weighted by Crippen LogP contribution is -2.03. The molecule has 0 aliphatic rings. The second kappa shape index (κ2) is 5.99. The molecule has 18 heavy (non-hydrogen) atoms. The molecule has 0 fully saturated rings. The zero-order valence-corrected chi connectivity index (χ0v) is 12.4. The second-order valence-corrected chi connectivity index (χ2v) is 6.89. The minimum absolute atomic E-state index is 0.125. The van der Waals surface area contributed by atoms with Crippen molar-refractivity contribution < 1.29 is 22.3 Å². The van der Waals surface area contributed by atoms with Crippen molar-refractivity contribution >= 4 is 31.5 Å². The van der Waals surface area contributed by atoms with Crippen molar-refractivity contribution in [2.75, 3.05) is 20.5 Å². The van der Waals surface area contributed by atoms with Gasteiger partial charge in [-0.15, -0.1) is 11.8 Å². The van der Waals surface area contributed by atoms with Crippen LogP contribution in [0.4, 0.5) is 4.39 Å². The molecule has 0 amide bonds. The highest BCUT2D eigenvalue weighted by Crippen LogP contribution is 2.42. The summed E-state index contributed by atoms with van der Waals surface area (Å²) < 4.78 is 46.1. The molecule has 0 aromatic heterocycles. The Labute approximate surface area is 114 Å². The lowest BCUT2D eigenvalue weighted by Gasteiger charge is -2.15. The first-order chi connectivity index (χ1) is 8.34. The van der Waals surface area contributed by atoms with Crippen LogP contribution in [0.2, 0.25) is 0 Å². The molecule has 102 valence electrons. The van der Waals surface area contributed by atoms with Crippen LogP contribution < -0.4 is 9.47 Å². The summed E-state index contributed by atoms with van der Waals surface area (Å²) in [4.78, 5) is 0.255. The molecule has 0 atom stereocenters. The minimum atomic E-state index is -3.81. The molecule has 0 saturated heterocycles. The molecule has 0 saturated carbocycles. The molecule has 0 aliphatic carbocycles. The van der Waals surface area contributed by atoms with E-state index in [1.54, 1.807) is 6.26 Å². The average molecular weight is 315 g/mol. The molecular weight excluding hydrogens is 303 g/mol. The average Bonchev–Trinajstić information content (AvgIpc) is 2.25. The zero-order valence-electron chi connectivity index (χ0n) is 9.99. The SMILES string of the molecule is COc1c(CS(=O)(=O)Cl)cc(F)c(SC)c1OC. The van der Waals surface area contributed by atoms with Crippen molar-refractivity contribution in [3.63, 3.8) is 0 Å². The van der Waals surface area contributed by atoms with E-state index in [9.17, 15) is 12.8 Å². The molecule has 0 unspecified atom stereocenters. The van der Waals surface area contributed by atoms with Gasteiger partial charge in [-0.1, -0.05) is 0 Å². The van der Waals surface area contributed by atoms with Gasteiger partial charge in [-0.05, 0) is 12.3 Å². The maximum absolute atomic E-state index is 13.8. The Bertz CT molecular complexity index is 545. The number of thioether (sulfide) groups is 1. The fourth-order valence-electron chi connectivity index (χ4n) is 1.53. The molecule has 1 aromatic rings. The van der Waals surface area contributed by atoms with E-state index in [2.05, 4.69) is 0 Å². The van der Waals surface area contributed by atoms with Gasteiger partial charge >= 0.3 is 0 Å². The fourth-order valence-corrected chi connectivity index (χ4v) is 3.09. The third-order valence-electron chi connectivity index (χ3n) is 2.16.